The van der Waals surface area contributed by atoms with Crippen molar-refractivity contribution in [2.75, 3.05) is 26.7 Å². The molecular weight excluding hydrogens is 140 g/mol. The summed E-state index contributed by atoms with van der Waals surface area (Å²) >= 11 is 0. The maximum atomic E-state index is 5.89. The Labute approximate surface area is 68.5 Å². The summed E-state index contributed by atoms with van der Waals surface area (Å²) in [5, 5.41) is 0. The summed E-state index contributed by atoms with van der Waals surface area (Å²) in [7, 11) is 1.74. The number of piperidine rings is 1. The lowest BCUT2D eigenvalue weighted by molar-refractivity contribution is 0.0261. The number of methoxy groups -OCH3 is 1. The van der Waals surface area contributed by atoms with Crippen LogP contribution in [0.5, 0.6) is 0 Å². The van der Waals surface area contributed by atoms with Gasteiger partial charge in [-0.05, 0) is 13.0 Å². The van der Waals surface area contributed by atoms with E-state index >= 15 is 0 Å². The van der Waals surface area contributed by atoms with Gasteiger partial charge in [-0.15, -0.1) is 0 Å². The SMILES string of the molecule is CCN1CC[C@H](OC)[C@H](N)C1. The molecule has 3 heteroatoms. The van der Waals surface area contributed by atoms with Crippen LogP contribution in [0.3, 0.4) is 0 Å². The molecule has 0 radical (unpaired) electrons. The van der Waals surface area contributed by atoms with E-state index in [-0.39, 0.29) is 12.1 Å². The van der Waals surface area contributed by atoms with Gasteiger partial charge in [0.25, 0.3) is 0 Å². The number of likely N-dealkylation sites (N-methyl/N-ethyl adjacent to an activating group) is 1. The second-order valence-corrected chi connectivity index (χ2v) is 3.12. The molecule has 0 spiro atoms. The lowest BCUT2D eigenvalue weighted by atomic mass is 10.0. The number of likely N-dealkylation sites (tertiary alicyclic amines) is 1. The van der Waals surface area contributed by atoms with Crippen LogP contribution in [0.25, 0.3) is 0 Å². The summed E-state index contributed by atoms with van der Waals surface area (Å²) in [6.45, 7) is 5.38. The van der Waals surface area contributed by atoms with Crippen LogP contribution in [0.1, 0.15) is 13.3 Å². The van der Waals surface area contributed by atoms with Crippen LogP contribution in [0.2, 0.25) is 0 Å². The van der Waals surface area contributed by atoms with E-state index in [1.165, 1.54) is 0 Å². The third-order valence-electron chi connectivity index (χ3n) is 2.43. The number of nitrogens with zero attached hydrogens (tertiary/aromatic N) is 1. The van der Waals surface area contributed by atoms with E-state index in [0.29, 0.717) is 0 Å². The monoisotopic (exact) mass is 158 g/mol. The van der Waals surface area contributed by atoms with Gasteiger partial charge in [0.15, 0.2) is 0 Å². The molecule has 1 aliphatic heterocycles. The lowest BCUT2D eigenvalue weighted by Crippen LogP contribution is -2.51. The van der Waals surface area contributed by atoms with Crippen LogP contribution in [-0.2, 0) is 4.74 Å². The van der Waals surface area contributed by atoms with Crippen LogP contribution >= 0.6 is 0 Å². The molecule has 1 rings (SSSR count). The van der Waals surface area contributed by atoms with Crippen LogP contribution in [-0.4, -0.2) is 43.8 Å². The standard InChI is InChI=1S/C8H18N2O/c1-3-10-5-4-8(11-2)7(9)6-10/h7-8H,3-6,9H2,1-2H3/t7-,8+/m1/s1. The van der Waals surface area contributed by atoms with Gasteiger partial charge in [0.2, 0.25) is 0 Å². The van der Waals surface area contributed by atoms with Crippen LogP contribution in [0.4, 0.5) is 0 Å². The summed E-state index contributed by atoms with van der Waals surface area (Å²) in [4.78, 5) is 2.36. The Kier molecular flexibility index (Phi) is 3.30. The van der Waals surface area contributed by atoms with Gasteiger partial charge in [0.05, 0.1) is 6.10 Å². The molecule has 2 N–H and O–H groups in total. The Morgan fingerprint density at radius 1 is 1.64 bits per heavy atom. The van der Waals surface area contributed by atoms with Crippen LogP contribution in [0, 0.1) is 0 Å². The highest BCUT2D eigenvalue weighted by Crippen LogP contribution is 2.11. The molecule has 0 amide bonds. The normalized spacial score (nSPS) is 34.1. The second kappa shape index (κ2) is 4.04. The lowest BCUT2D eigenvalue weighted by Gasteiger charge is -2.35. The second-order valence-electron chi connectivity index (χ2n) is 3.12. The highest BCUT2D eigenvalue weighted by atomic mass is 16.5. The molecule has 66 valence electrons. The Hall–Kier alpha value is -0.120. The molecule has 0 bridgehead atoms. The fourth-order valence-corrected chi connectivity index (χ4v) is 1.61. The molecule has 0 aliphatic carbocycles. The maximum absolute atomic E-state index is 5.89. The number of ether oxygens (including phenoxy) is 1. The zero-order valence-corrected chi connectivity index (χ0v) is 7.42. The zero-order valence-electron chi connectivity index (χ0n) is 7.42. The van der Waals surface area contributed by atoms with Gasteiger partial charge >= 0.3 is 0 Å². The highest BCUT2D eigenvalue weighted by molar-refractivity contribution is 4.82. The fourth-order valence-electron chi connectivity index (χ4n) is 1.61. The van der Waals surface area contributed by atoms with Crippen molar-refractivity contribution in [1.29, 1.82) is 0 Å². The van der Waals surface area contributed by atoms with Crippen molar-refractivity contribution in [3.8, 4) is 0 Å². The predicted octanol–water partition coefficient (Wildman–Crippen LogP) is 0.0543. The van der Waals surface area contributed by atoms with Gasteiger partial charge in [0.1, 0.15) is 0 Å². The van der Waals surface area contributed by atoms with E-state index in [2.05, 4.69) is 11.8 Å². The third kappa shape index (κ3) is 2.15. The first-order chi connectivity index (χ1) is 5.27. The van der Waals surface area contributed by atoms with Crippen molar-refractivity contribution in [2.45, 2.75) is 25.5 Å². The summed E-state index contributed by atoms with van der Waals surface area (Å²) in [5.41, 5.74) is 5.89. The molecule has 2 atom stereocenters. The van der Waals surface area contributed by atoms with Crippen molar-refractivity contribution in [1.82, 2.24) is 4.90 Å². The first kappa shape index (κ1) is 8.97. The predicted molar refractivity (Wildman–Crippen MR) is 45.5 cm³/mol. The minimum Gasteiger partial charge on any atom is -0.380 e. The molecule has 3 nitrogen and oxygen atoms in total. The quantitative estimate of drug-likeness (QED) is 0.617. The molecule has 1 fully saturated rings. The van der Waals surface area contributed by atoms with E-state index in [1.54, 1.807) is 7.11 Å². The van der Waals surface area contributed by atoms with Gasteiger partial charge in [-0.25, -0.2) is 0 Å². The minimum atomic E-state index is 0.202. The third-order valence-corrected chi connectivity index (χ3v) is 2.43. The Morgan fingerprint density at radius 3 is 2.82 bits per heavy atom. The first-order valence-electron chi connectivity index (χ1n) is 4.28. The summed E-state index contributed by atoms with van der Waals surface area (Å²) in [6, 6.07) is 0.202. The van der Waals surface area contributed by atoms with Crippen molar-refractivity contribution < 1.29 is 4.74 Å². The van der Waals surface area contributed by atoms with Gasteiger partial charge in [0, 0.05) is 26.2 Å². The number of hydrogen-bond donors (Lipinski definition) is 1. The van der Waals surface area contributed by atoms with Crippen molar-refractivity contribution in [3.05, 3.63) is 0 Å². The van der Waals surface area contributed by atoms with E-state index < -0.39 is 0 Å². The van der Waals surface area contributed by atoms with Gasteiger partial charge < -0.3 is 15.4 Å². The molecule has 0 unspecified atom stereocenters. The molecule has 0 aromatic rings. The van der Waals surface area contributed by atoms with Crippen molar-refractivity contribution >= 4 is 0 Å². The molecule has 1 aliphatic rings. The molecule has 0 saturated carbocycles. The Morgan fingerprint density at radius 2 is 2.36 bits per heavy atom. The van der Waals surface area contributed by atoms with Crippen LogP contribution in [0.15, 0.2) is 0 Å². The number of nitrogens with two attached hydrogens (primary N) is 1. The van der Waals surface area contributed by atoms with Crippen LogP contribution < -0.4 is 5.73 Å². The molecule has 0 aromatic carbocycles. The average Bonchev–Trinajstić information content (AvgIpc) is 2.04. The number of hydrogen-bond acceptors (Lipinski definition) is 3. The number of rotatable bonds is 2. The van der Waals surface area contributed by atoms with Crippen molar-refractivity contribution in [3.63, 3.8) is 0 Å². The molecule has 0 aromatic heterocycles. The van der Waals surface area contributed by atoms with Gasteiger partial charge in [-0.3, -0.25) is 0 Å². The van der Waals surface area contributed by atoms with E-state index in [9.17, 15) is 0 Å². The fraction of sp³-hybridized carbons (Fsp3) is 1.00. The largest absolute Gasteiger partial charge is 0.380 e. The van der Waals surface area contributed by atoms with E-state index in [0.717, 1.165) is 26.1 Å². The Balaban J connectivity index is 2.34. The van der Waals surface area contributed by atoms with E-state index in [4.69, 9.17) is 10.5 Å². The topological polar surface area (TPSA) is 38.5 Å². The smallest absolute Gasteiger partial charge is 0.0746 e. The average molecular weight is 158 g/mol. The summed E-state index contributed by atoms with van der Waals surface area (Å²) in [6.07, 6.45) is 1.35. The molecular formula is C8H18N2O. The molecule has 1 saturated heterocycles. The Bertz CT molecular complexity index is 119. The molecule has 1 heterocycles. The van der Waals surface area contributed by atoms with Crippen molar-refractivity contribution in [2.24, 2.45) is 5.73 Å². The highest BCUT2D eigenvalue weighted by Gasteiger charge is 2.24. The maximum Gasteiger partial charge on any atom is 0.0746 e. The van der Waals surface area contributed by atoms with Gasteiger partial charge in [-0.2, -0.15) is 0 Å². The summed E-state index contributed by atoms with van der Waals surface area (Å²) in [5.74, 6) is 0. The van der Waals surface area contributed by atoms with Gasteiger partial charge in [-0.1, -0.05) is 6.92 Å². The minimum absolute atomic E-state index is 0.202. The molecule has 11 heavy (non-hydrogen) atoms. The van der Waals surface area contributed by atoms with E-state index in [1.807, 2.05) is 0 Å². The summed E-state index contributed by atoms with van der Waals surface area (Å²) < 4.78 is 5.24. The zero-order chi connectivity index (χ0) is 8.27. The first-order valence-corrected chi connectivity index (χ1v) is 4.28.